The van der Waals surface area contributed by atoms with Crippen molar-refractivity contribution in [1.29, 1.82) is 0 Å². The van der Waals surface area contributed by atoms with E-state index in [1.807, 2.05) is 6.92 Å². The van der Waals surface area contributed by atoms with Gasteiger partial charge >= 0.3 is 0 Å². The van der Waals surface area contributed by atoms with Gasteiger partial charge in [0.15, 0.2) is 0 Å². The predicted octanol–water partition coefficient (Wildman–Crippen LogP) is 2.82. The third-order valence-electron chi connectivity index (χ3n) is 2.51. The van der Waals surface area contributed by atoms with E-state index in [1.54, 1.807) is 12.3 Å². The molecule has 1 amide bonds. The number of anilines is 1. The van der Waals surface area contributed by atoms with Crippen LogP contribution in [-0.4, -0.2) is 21.1 Å². The summed E-state index contributed by atoms with van der Waals surface area (Å²) in [6, 6.07) is 5.48. The van der Waals surface area contributed by atoms with Crippen LogP contribution in [0.25, 0.3) is 0 Å². The van der Waals surface area contributed by atoms with Gasteiger partial charge in [-0.1, -0.05) is 0 Å². The van der Waals surface area contributed by atoms with Crippen LogP contribution >= 0.6 is 15.9 Å². The number of aromatic nitrogens is 1. The maximum atomic E-state index is 11.9. The lowest BCUT2D eigenvalue weighted by molar-refractivity contribution is 0.102. The van der Waals surface area contributed by atoms with E-state index in [9.17, 15) is 9.90 Å². The second-order valence-electron chi connectivity index (χ2n) is 3.97. The molecule has 98 valence electrons. The molecular weight excluding hydrogens is 312 g/mol. The van der Waals surface area contributed by atoms with Crippen LogP contribution in [0.1, 0.15) is 15.9 Å². The van der Waals surface area contributed by atoms with E-state index in [0.717, 1.165) is 16.1 Å². The third kappa shape index (κ3) is 3.03. The zero-order chi connectivity index (χ0) is 14.0. The van der Waals surface area contributed by atoms with E-state index in [0.29, 0.717) is 5.82 Å². The molecular formula is C13H11BrN2O3. The number of nitrogens with one attached hydrogen (secondary N) is 1. The topological polar surface area (TPSA) is 82.5 Å². The summed E-state index contributed by atoms with van der Waals surface area (Å²) in [5, 5.41) is 21.3. The minimum Gasteiger partial charge on any atom is -0.508 e. The highest BCUT2D eigenvalue weighted by Gasteiger charge is 2.12. The van der Waals surface area contributed by atoms with Gasteiger partial charge in [0.05, 0.1) is 5.56 Å². The molecule has 0 atom stereocenters. The van der Waals surface area contributed by atoms with Gasteiger partial charge in [0, 0.05) is 16.7 Å². The molecule has 0 spiro atoms. The predicted molar refractivity (Wildman–Crippen MR) is 74.4 cm³/mol. The lowest BCUT2D eigenvalue weighted by Gasteiger charge is -2.07. The maximum Gasteiger partial charge on any atom is 0.260 e. The quantitative estimate of drug-likeness (QED) is 0.794. The molecule has 6 heteroatoms. The first-order chi connectivity index (χ1) is 8.97. The van der Waals surface area contributed by atoms with Gasteiger partial charge in [-0.3, -0.25) is 4.79 Å². The van der Waals surface area contributed by atoms with E-state index in [1.165, 1.54) is 12.1 Å². The Morgan fingerprint density at radius 1 is 1.32 bits per heavy atom. The second kappa shape index (κ2) is 5.27. The van der Waals surface area contributed by atoms with Crippen molar-refractivity contribution in [3.05, 3.63) is 46.1 Å². The molecule has 0 radical (unpaired) electrons. The number of carbonyl (C=O) groups excluding carboxylic acids is 1. The molecule has 1 aromatic carbocycles. The fraction of sp³-hybridized carbons (Fsp3) is 0.0769. The highest BCUT2D eigenvalue weighted by Crippen LogP contribution is 2.24. The van der Waals surface area contributed by atoms with Gasteiger partial charge in [-0.2, -0.15) is 0 Å². The Morgan fingerprint density at radius 3 is 2.68 bits per heavy atom. The van der Waals surface area contributed by atoms with E-state index in [-0.39, 0.29) is 17.1 Å². The van der Waals surface area contributed by atoms with Crippen molar-refractivity contribution < 1.29 is 15.0 Å². The number of hydrogen-bond acceptors (Lipinski definition) is 4. The Hall–Kier alpha value is -2.08. The standard InChI is InChI=1S/C13H11BrN2O3/c1-7-4-12(15-6-10(7)14)16-13(19)9-3-2-8(17)5-11(9)18/h2-6,17-18H,1H3,(H,15,16,19). The van der Waals surface area contributed by atoms with Crippen molar-refractivity contribution in [3.63, 3.8) is 0 Å². The summed E-state index contributed by atoms with van der Waals surface area (Å²) < 4.78 is 0.845. The number of aryl methyl sites for hydroxylation is 1. The van der Waals surface area contributed by atoms with E-state index >= 15 is 0 Å². The zero-order valence-electron chi connectivity index (χ0n) is 10.0. The number of carbonyl (C=O) groups is 1. The number of halogens is 1. The van der Waals surface area contributed by atoms with Crippen molar-refractivity contribution in [1.82, 2.24) is 4.98 Å². The molecule has 0 saturated heterocycles. The van der Waals surface area contributed by atoms with Crippen LogP contribution in [0, 0.1) is 6.92 Å². The molecule has 1 aromatic heterocycles. The van der Waals surface area contributed by atoms with Crippen LogP contribution in [0.3, 0.4) is 0 Å². The number of phenols is 2. The molecule has 0 aliphatic rings. The number of amides is 1. The van der Waals surface area contributed by atoms with Gasteiger partial charge in [0.2, 0.25) is 0 Å². The Labute approximate surface area is 118 Å². The molecule has 5 nitrogen and oxygen atoms in total. The summed E-state index contributed by atoms with van der Waals surface area (Å²) in [7, 11) is 0. The summed E-state index contributed by atoms with van der Waals surface area (Å²) in [5.74, 6) is -0.497. The van der Waals surface area contributed by atoms with Crippen molar-refractivity contribution in [2.45, 2.75) is 6.92 Å². The highest BCUT2D eigenvalue weighted by atomic mass is 79.9. The van der Waals surface area contributed by atoms with Gasteiger partial charge in [-0.25, -0.2) is 4.98 Å². The fourth-order valence-electron chi connectivity index (χ4n) is 1.50. The van der Waals surface area contributed by atoms with Crippen LogP contribution < -0.4 is 5.32 Å². The molecule has 1 heterocycles. The first-order valence-electron chi connectivity index (χ1n) is 5.43. The zero-order valence-corrected chi connectivity index (χ0v) is 11.6. The lowest BCUT2D eigenvalue weighted by atomic mass is 10.2. The lowest BCUT2D eigenvalue weighted by Crippen LogP contribution is -2.13. The minimum absolute atomic E-state index is 0.0696. The molecule has 3 N–H and O–H groups in total. The largest absolute Gasteiger partial charge is 0.508 e. The summed E-state index contributed by atoms with van der Waals surface area (Å²) in [5.41, 5.74) is 1.00. The van der Waals surface area contributed by atoms with Gasteiger partial charge < -0.3 is 15.5 Å². The monoisotopic (exact) mass is 322 g/mol. The molecule has 0 saturated carbocycles. The molecule has 19 heavy (non-hydrogen) atoms. The number of pyridine rings is 1. The van der Waals surface area contributed by atoms with Gasteiger partial charge in [0.25, 0.3) is 5.91 Å². The Bertz CT molecular complexity index is 644. The number of hydrogen-bond donors (Lipinski definition) is 3. The van der Waals surface area contributed by atoms with E-state index < -0.39 is 5.91 Å². The maximum absolute atomic E-state index is 11.9. The van der Waals surface area contributed by atoms with E-state index in [2.05, 4.69) is 26.2 Å². The summed E-state index contributed by atoms with van der Waals surface area (Å²) in [6.07, 6.45) is 1.58. The van der Waals surface area contributed by atoms with Crippen LogP contribution in [0.5, 0.6) is 11.5 Å². The Kier molecular flexibility index (Phi) is 3.71. The fourth-order valence-corrected chi connectivity index (χ4v) is 1.72. The van der Waals surface area contributed by atoms with E-state index in [4.69, 9.17) is 5.11 Å². The Morgan fingerprint density at radius 2 is 2.05 bits per heavy atom. The number of phenolic OH excluding ortho intramolecular Hbond substituents is 2. The summed E-state index contributed by atoms with van der Waals surface area (Å²) in [6.45, 7) is 1.87. The van der Waals surface area contributed by atoms with Gasteiger partial charge in [-0.05, 0) is 46.6 Å². The minimum atomic E-state index is -0.494. The summed E-state index contributed by atoms with van der Waals surface area (Å²) in [4.78, 5) is 16.0. The van der Waals surface area contributed by atoms with Gasteiger partial charge in [0.1, 0.15) is 17.3 Å². The van der Waals surface area contributed by atoms with Crippen molar-refractivity contribution >= 4 is 27.7 Å². The average molecular weight is 323 g/mol. The normalized spacial score (nSPS) is 10.2. The van der Waals surface area contributed by atoms with Crippen LogP contribution in [-0.2, 0) is 0 Å². The molecule has 0 unspecified atom stereocenters. The summed E-state index contributed by atoms with van der Waals surface area (Å²) >= 11 is 3.32. The number of nitrogens with zero attached hydrogens (tertiary/aromatic N) is 1. The molecule has 2 aromatic rings. The molecule has 0 bridgehead atoms. The highest BCUT2D eigenvalue weighted by molar-refractivity contribution is 9.10. The molecule has 0 fully saturated rings. The first kappa shape index (κ1) is 13.4. The molecule has 2 rings (SSSR count). The van der Waals surface area contributed by atoms with Gasteiger partial charge in [-0.15, -0.1) is 0 Å². The SMILES string of the molecule is Cc1cc(NC(=O)c2ccc(O)cc2O)ncc1Br. The number of aromatic hydroxyl groups is 2. The number of benzene rings is 1. The van der Waals surface area contributed by atoms with Crippen molar-refractivity contribution in [2.75, 3.05) is 5.32 Å². The smallest absolute Gasteiger partial charge is 0.260 e. The van der Waals surface area contributed by atoms with Crippen molar-refractivity contribution in [3.8, 4) is 11.5 Å². The third-order valence-corrected chi connectivity index (χ3v) is 3.34. The van der Waals surface area contributed by atoms with Crippen LogP contribution in [0.4, 0.5) is 5.82 Å². The number of rotatable bonds is 2. The molecule has 0 aliphatic carbocycles. The van der Waals surface area contributed by atoms with Crippen molar-refractivity contribution in [2.24, 2.45) is 0 Å². The molecule has 0 aliphatic heterocycles. The first-order valence-corrected chi connectivity index (χ1v) is 6.22. The second-order valence-corrected chi connectivity index (χ2v) is 4.83. The van der Waals surface area contributed by atoms with Crippen LogP contribution in [0.15, 0.2) is 34.9 Å². The van der Waals surface area contributed by atoms with Crippen LogP contribution in [0.2, 0.25) is 0 Å². The average Bonchev–Trinajstić information content (AvgIpc) is 2.33. The Balaban J connectivity index is 2.23.